The van der Waals surface area contributed by atoms with Crippen LogP contribution in [-0.4, -0.2) is 24.0 Å². The molecule has 1 amide bonds. The average molecular weight is 303 g/mol. The van der Waals surface area contributed by atoms with E-state index in [9.17, 15) is 4.79 Å². The Balaban J connectivity index is 1.59. The number of carbonyl (C=O) groups is 1. The quantitative estimate of drug-likeness (QED) is 0.625. The Kier molecular flexibility index (Phi) is 6.54. The van der Waals surface area contributed by atoms with Gasteiger partial charge in [0.2, 0.25) is 5.91 Å². The van der Waals surface area contributed by atoms with Crippen LogP contribution >= 0.6 is 23.5 Å². The molecule has 0 saturated carbocycles. The lowest BCUT2D eigenvalue weighted by Crippen LogP contribution is -2.27. The fourth-order valence-corrected chi connectivity index (χ4v) is 3.13. The molecule has 1 N–H and O–H groups in total. The van der Waals surface area contributed by atoms with Gasteiger partial charge < -0.3 is 5.32 Å². The van der Waals surface area contributed by atoms with Gasteiger partial charge in [-0.25, -0.2) is 0 Å². The van der Waals surface area contributed by atoms with E-state index in [1.165, 1.54) is 4.90 Å². The maximum Gasteiger partial charge on any atom is 0.230 e. The molecule has 104 valence electrons. The van der Waals surface area contributed by atoms with Gasteiger partial charge in [-0.1, -0.05) is 36.4 Å². The van der Waals surface area contributed by atoms with E-state index >= 15 is 0 Å². The molecule has 2 nitrogen and oxygen atoms in total. The Hall–Kier alpha value is -1.39. The van der Waals surface area contributed by atoms with Gasteiger partial charge in [-0.2, -0.15) is 0 Å². The molecule has 0 aliphatic rings. The fourth-order valence-electron chi connectivity index (χ4n) is 1.59. The van der Waals surface area contributed by atoms with Crippen molar-refractivity contribution in [2.24, 2.45) is 0 Å². The standard InChI is InChI=1S/C16H17NOS2/c18-16(13-20-15-9-5-2-6-10-15)17-11-12-19-14-7-3-1-4-8-14/h1-10H,11-13H2,(H,17,18). The van der Waals surface area contributed by atoms with Gasteiger partial charge in [-0.05, 0) is 24.3 Å². The van der Waals surface area contributed by atoms with Crippen molar-refractivity contribution in [3.8, 4) is 0 Å². The van der Waals surface area contributed by atoms with Crippen LogP contribution in [0, 0.1) is 0 Å². The van der Waals surface area contributed by atoms with E-state index < -0.39 is 0 Å². The van der Waals surface area contributed by atoms with Crippen molar-refractivity contribution in [1.82, 2.24) is 5.32 Å². The molecule has 0 radical (unpaired) electrons. The van der Waals surface area contributed by atoms with Gasteiger partial charge in [-0.15, -0.1) is 23.5 Å². The molecule has 0 unspecified atom stereocenters. The predicted molar refractivity (Wildman–Crippen MR) is 87.3 cm³/mol. The molecule has 0 bridgehead atoms. The number of nitrogens with one attached hydrogen (secondary N) is 1. The second-order valence-electron chi connectivity index (χ2n) is 4.11. The molecule has 4 heteroatoms. The first-order valence-electron chi connectivity index (χ1n) is 6.47. The number of benzene rings is 2. The summed E-state index contributed by atoms with van der Waals surface area (Å²) < 4.78 is 0. The van der Waals surface area contributed by atoms with Crippen molar-refractivity contribution >= 4 is 29.4 Å². The second-order valence-corrected chi connectivity index (χ2v) is 6.33. The second kappa shape index (κ2) is 8.72. The molecule has 0 spiro atoms. The lowest BCUT2D eigenvalue weighted by atomic mass is 10.4. The summed E-state index contributed by atoms with van der Waals surface area (Å²) in [5.41, 5.74) is 0. The number of hydrogen-bond acceptors (Lipinski definition) is 3. The average Bonchev–Trinajstić information content (AvgIpc) is 2.52. The normalized spacial score (nSPS) is 10.2. The van der Waals surface area contributed by atoms with Gasteiger partial charge in [0.25, 0.3) is 0 Å². The number of hydrogen-bond donors (Lipinski definition) is 1. The van der Waals surface area contributed by atoms with Crippen LogP contribution in [0.25, 0.3) is 0 Å². The van der Waals surface area contributed by atoms with Crippen molar-refractivity contribution in [3.63, 3.8) is 0 Å². The van der Waals surface area contributed by atoms with E-state index in [2.05, 4.69) is 17.4 Å². The maximum atomic E-state index is 11.7. The molecular weight excluding hydrogens is 286 g/mol. The molecule has 0 aliphatic heterocycles. The highest BCUT2D eigenvalue weighted by Gasteiger charge is 2.02. The van der Waals surface area contributed by atoms with Gasteiger partial charge in [0.05, 0.1) is 5.75 Å². The smallest absolute Gasteiger partial charge is 0.230 e. The van der Waals surface area contributed by atoms with E-state index in [1.807, 2.05) is 48.5 Å². The minimum Gasteiger partial charge on any atom is -0.355 e. The summed E-state index contributed by atoms with van der Waals surface area (Å²) in [6.07, 6.45) is 0. The van der Waals surface area contributed by atoms with Crippen LogP contribution in [0.1, 0.15) is 0 Å². The molecule has 2 rings (SSSR count). The Morgan fingerprint density at radius 3 is 2.00 bits per heavy atom. The summed E-state index contributed by atoms with van der Waals surface area (Å²) in [4.78, 5) is 14.0. The third kappa shape index (κ3) is 5.72. The zero-order valence-electron chi connectivity index (χ0n) is 11.1. The lowest BCUT2D eigenvalue weighted by Gasteiger charge is -2.05. The summed E-state index contributed by atoms with van der Waals surface area (Å²) >= 11 is 3.32. The Morgan fingerprint density at radius 1 is 0.850 bits per heavy atom. The molecule has 0 saturated heterocycles. The van der Waals surface area contributed by atoms with E-state index in [0.717, 1.165) is 10.6 Å². The van der Waals surface area contributed by atoms with Crippen LogP contribution in [0.5, 0.6) is 0 Å². The van der Waals surface area contributed by atoms with Crippen LogP contribution in [0.2, 0.25) is 0 Å². The Labute approximate surface area is 128 Å². The first-order valence-corrected chi connectivity index (χ1v) is 8.44. The highest BCUT2D eigenvalue weighted by molar-refractivity contribution is 8.00. The zero-order chi connectivity index (χ0) is 14.0. The van der Waals surface area contributed by atoms with Crippen LogP contribution < -0.4 is 5.32 Å². The molecule has 2 aromatic rings. The van der Waals surface area contributed by atoms with Crippen molar-refractivity contribution in [1.29, 1.82) is 0 Å². The van der Waals surface area contributed by atoms with E-state index in [-0.39, 0.29) is 5.91 Å². The molecule has 0 fully saturated rings. The van der Waals surface area contributed by atoms with Gasteiger partial charge in [-0.3, -0.25) is 4.79 Å². The topological polar surface area (TPSA) is 29.1 Å². The van der Waals surface area contributed by atoms with E-state index in [4.69, 9.17) is 0 Å². The van der Waals surface area contributed by atoms with Crippen LogP contribution in [0.4, 0.5) is 0 Å². The summed E-state index contributed by atoms with van der Waals surface area (Å²) in [6.45, 7) is 0.702. The SMILES string of the molecule is O=C(CSc1ccccc1)NCCSc1ccccc1. The van der Waals surface area contributed by atoms with Gasteiger partial charge in [0.15, 0.2) is 0 Å². The lowest BCUT2D eigenvalue weighted by molar-refractivity contribution is -0.118. The summed E-state index contributed by atoms with van der Waals surface area (Å²) in [7, 11) is 0. The maximum absolute atomic E-state index is 11.7. The van der Waals surface area contributed by atoms with Crippen LogP contribution in [0.3, 0.4) is 0 Å². The zero-order valence-corrected chi connectivity index (χ0v) is 12.8. The monoisotopic (exact) mass is 303 g/mol. The third-order valence-electron chi connectivity index (χ3n) is 2.55. The molecular formula is C16H17NOS2. The van der Waals surface area contributed by atoms with Crippen LogP contribution in [-0.2, 0) is 4.79 Å². The Morgan fingerprint density at radius 2 is 1.40 bits per heavy atom. The van der Waals surface area contributed by atoms with Crippen molar-refractivity contribution in [2.75, 3.05) is 18.1 Å². The van der Waals surface area contributed by atoms with Gasteiger partial charge in [0.1, 0.15) is 0 Å². The third-order valence-corrected chi connectivity index (χ3v) is 4.58. The van der Waals surface area contributed by atoms with E-state index in [0.29, 0.717) is 12.3 Å². The predicted octanol–water partition coefficient (Wildman–Crippen LogP) is 3.69. The summed E-state index contributed by atoms with van der Waals surface area (Å²) in [5, 5.41) is 2.94. The molecule has 0 aliphatic carbocycles. The summed E-state index contributed by atoms with van der Waals surface area (Å²) in [5.74, 6) is 1.46. The Bertz CT molecular complexity index is 517. The highest BCUT2D eigenvalue weighted by Crippen LogP contribution is 2.17. The van der Waals surface area contributed by atoms with Crippen molar-refractivity contribution in [3.05, 3.63) is 60.7 Å². The molecule has 0 atom stereocenters. The van der Waals surface area contributed by atoms with Crippen LogP contribution in [0.15, 0.2) is 70.5 Å². The van der Waals surface area contributed by atoms with Gasteiger partial charge >= 0.3 is 0 Å². The fraction of sp³-hybridized carbons (Fsp3) is 0.188. The number of rotatable bonds is 7. The molecule has 0 heterocycles. The largest absolute Gasteiger partial charge is 0.355 e. The van der Waals surface area contributed by atoms with E-state index in [1.54, 1.807) is 23.5 Å². The van der Waals surface area contributed by atoms with Crippen molar-refractivity contribution in [2.45, 2.75) is 9.79 Å². The first kappa shape index (κ1) is 15.0. The minimum absolute atomic E-state index is 0.0903. The number of carbonyl (C=O) groups excluding carboxylic acids is 1. The number of thioether (sulfide) groups is 2. The molecule has 2 aromatic carbocycles. The van der Waals surface area contributed by atoms with Gasteiger partial charge in [0, 0.05) is 22.1 Å². The minimum atomic E-state index is 0.0903. The molecule has 0 aromatic heterocycles. The summed E-state index contributed by atoms with van der Waals surface area (Å²) in [6, 6.07) is 20.2. The number of amides is 1. The van der Waals surface area contributed by atoms with Crippen molar-refractivity contribution < 1.29 is 4.79 Å². The highest BCUT2D eigenvalue weighted by atomic mass is 32.2. The molecule has 20 heavy (non-hydrogen) atoms. The first-order chi connectivity index (χ1) is 9.84.